The number of nitrogens with zero attached hydrogens (tertiary/aromatic N) is 2. The van der Waals surface area contributed by atoms with Crippen LogP contribution in [0.1, 0.15) is 25.2 Å². The number of hydrogen-bond acceptors (Lipinski definition) is 5. The van der Waals surface area contributed by atoms with Gasteiger partial charge in [0, 0.05) is 31.6 Å². The monoisotopic (exact) mass is 335 g/mol. The van der Waals surface area contributed by atoms with Crippen LogP contribution in [0.4, 0.5) is 0 Å². The lowest BCUT2D eigenvalue weighted by Gasteiger charge is -2.09. The van der Waals surface area contributed by atoms with Gasteiger partial charge in [0.2, 0.25) is 17.6 Å². The molecule has 1 aliphatic heterocycles. The average molecular weight is 336 g/mol. The molecule has 1 aromatic heterocycles. The molecule has 2 aromatic rings. The summed E-state index contributed by atoms with van der Waals surface area (Å²) in [6.07, 6.45) is 2.92. The molecule has 2 heterocycles. The fourth-order valence-corrected chi connectivity index (χ4v) is 2.67. The SMILES string of the molecule is O=C(CCc1nc(-c2ccccc2Cl)no1)NC[C@@H]1CCCO1. The first kappa shape index (κ1) is 16.0. The Morgan fingerprint density at radius 2 is 2.26 bits per heavy atom. The van der Waals surface area contributed by atoms with Crippen molar-refractivity contribution in [3.05, 3.63) is 35.2 Å². The lowest BCUT2D eigenvalue weighted by atomic mass is 10.2. The summed E-state index contributed by atoms with van der Waals surface area (Å²) < 4.78 is 10.6. The number of hydrogen-bond donors (Lipinski definition) is 1. The number of ether oxygens (including phenoxy) is 1. The van der Waals surface area contributed by atoms with Crippen LogP contribution in [0.5, 0.6) is 0 Å². The van der Waals surface area contributed by atoms with Crippen molar-refractivity contribution in [2.24, 2.45) is 0 Å². The van der Waals surface area contributed by atoms with Crippen LogP contribution in [-0.4, -0.2) is 35.3 Å². The Morgan fingerprint density at radius 1 is 1.39 bits per heavy atom. The van der Waals surface area contributed by atoms with E-state index in [4.69, 9.17) is 20.9 Å². The molecule has 1 saturated heterocycles. The zero-order valence-electron chi connectivity index (χ0n) is 12.6. The first-order valence-electron chi connectivity index (χ1n) is 7.68. The molecule has 1 aromatic carbocycles. The molecule has 23 heavy (non-hydrogen) atoms. The van der Waals surface area contributed by atoms with Crippen molar-refractivity contribution in [2.45, 2.75) is 31.8 Å². The van der Waals surface area contributed by atoms with Gasteiger partial charge in [0.15, 0.2) is 0 Å². The van der Waals surface area contributed by atoms with E-state index in [0.717, 1.165) is 19.4 Å². The maximum absolute atomic E-state index is 11.8. The molecule has 1 amide bonds. The third-order valence-electron chi connectivity index (χ3n) is 3.70. The van der Waals surface area contributed by atoms with E-state index in [1.54, 1.807) is 6.07 Å². The quantitative estimate of drug-likeness (QED) is 0.878. The Balaban J connectivity index is 1.49. The van der Waals surface area contributed by atoms with Gasteiger partial charge >= 0.3 is 0 Å². The minimum atomic E-state index is -0.0435. The Kier molecular flexibility index (Phi) is 5.25. The van der Waals surface area contributed by atoms with Crippen molar-refractivity contribution in [3.63, 3.8) is 0 Å². The van der Waals surface area contributed by atoms with Crippen LogP contribution in [0.3, 0.4) is 0 Å². The van der Waals surface area contributed by atoms with Gasteiger partial charge < -0.3 is 14.6 Å². The highest BCUT2D eigenvalue weighted by molar-refractivity contribution is 6.33. The lowest BCUT2D eigenvalue weighted by Crippen LogP contribution is -2.31. The van der Waals surface area contributed by atoms with E-state index >= 15 is 0 Å². The Hall–Kier alpha value is -1.92. The predicted octanol–water partition coefficient (Wildman–Crippen LogP) is 2.62. The van der Waals surface area contributed by atoms with Gasteiger partial charge in [-0.1, -0.05) is 28.9 Å². The molecule has 3 rings (SSSR count). The van der Waals surface area contributed by atoms with Crippen molar-refractivity contribution in [1.29, 1.82) is 0 Å². The van der Waals surface area contributed by atoms with E-state index < -0.39 is 0 Å². The number of amides is 1. The smallest absolute Gasteiger partial charge is 0.227 e. The summed E-state index contributed by atoms with van der Waals surface area (Å²) in [5.41, 5.74) is 0.715. The highest BCUT2D eigenvalue weighted by Crippen LogP contribution is 2.24. The molecule has 1 fully saturated rings. The van der Waals surface area contributed by atoms with Gasteiger partial charge in [0.1, 0.15) is 0 Å². The fourth-order valence-electron chi connectivity index (χ4n) is 2.45. The third kappa shape index (κ3) is 4.30. The largest absolute Gasteiger partial charge is 0.376 e. The highest BCUT2D eigenvalue weighted by Gasteiger charge is 2.17. The summed E-state index contributed by atoms with van der Waals surface area (Å²) in [6, 6.07) is 7.29. The number of carbonyl (C=O) groups excluding carboxylic acids is 1. The maximum atomic E-state index is 11.8. The molecule has 1 aliphatic rings. The Labute approximate surface area is 139 Å². The number of benzene rings is 1. The van der Waals surface area contributed by atoms with E-state index in [-0.39, 0.29) is 12.0 Å². The van der Waals surface area contributed by atoms with Gasteiger partial charge in [-0.3, -0.25) is 4.79 Å². The number of halogens is 1. The Morgan fingerprint density at radius 3 is 3.04 bits per heavy atom. The van der Waals surface area contributed by atoms with Gasteiger partial charge in [0.25, 0.3) is 0 Å². The summed E-state index contributed by atoms with van der Waals surface area (Å²) in [5, 5.41) is 7.34. The van der Waals surface area contributed by atoms with E-state index in [9.17, 15) is 4.79 Å². The normalized spacial score (nSPS) is 17.3. The van der Waals surface area contributed by atoms with Gasteiger partial charge in [-0.25, -0.2) is 0 Å². The summed E-state index contributed by atoms with van der Waals surface area (Å²) in [5.74, 6) is 0.815. The second-order valence-corrected chi connectivity index (χ2v) is 5.84. The van der Waals surface area contributed by atoms with Crippen LogP contribution in [0, 0.1) is 0 Å². The second-order valence-electron chi connectivity index (χ2n) is 5.43. The molecule has 0 unspecified atom stereocenters. The van der Waals surface area contributed by atoms with Crippen LogP contribution in [0.15, 0.2) is 28.8 Å². The standard InChI is InChI=1S/C16H18ClN3O3/c17-13-6-2-1-5-12(13)16-19-15(23-20-16)8-7-14(21)18-10-11-4-3-9-22-11/h1-2,5-6,11H,3-4,7-10H2,(H,18,21)/t11-/m0/s1. The fraction of sp³-hybridized carbons (Fsp3) is 0.438. The predicted molar refractivity (Wildman–Crippen MR) is 85.0 cm³/mol. The summed E-state index contributed by atoms with van der Waals surface area (Å²) in [4.78, 5) is 16.1. The Bertz CT molecular complexity index is 668. The molecule has 0 aliphatic carbocycles. The van der Waals surface area contributed by atoms with Gasteiger partial charge in [0.05, 0.1) is 11.1 Å². The molecule has 1 atom stereocenters. The molecule has 0 spiro atoms. The van der Waals surface area contributed by atoms with Crippen LogP contribution in [0.2, 0.25) is 5.02 Å². The van der Waals surface area contributed by atoms with Gasteiger partial charge in [-0.05, 0) is 25.0 Å². The number of nitrogens with one attached hydrogen (secondary N) is 1. The molecule has 0 bridgehead atoms. The van der Waals surface area contributed by atoms with Crippen molar-refractivity contribution in [1.82, 2.24) is 15.5 Å². The van der Waals surface area contributed by atoms with E-state index in [0.29, 0.717) is 41.7 Å². The zero-order valence-corrected chi connectivity index (χ0v) is 13.4. The molecule has 1 N–H and O–H groups in total. The summed E-state index contributed by atoms with van der Waals surface area (Å²) >= 11 is 6.10. The number of aryl methyl sites for hydroxylation is 1. The highest BCUT2D eigenvalue weighted by atomic mass is 35.5. The molecule has 6 nitrogen and oxygen atoms in total. The lowest BCUT2D eigenvalue weighted by molar-refractivity contribution is -0.121. The third-order valence-corrected chi connectivity index (χ3v) is 4.03. The zero-order chi connectivity index (χ0) is 16.1. The number of carbonyl (C=O) groups is 1. The van der Waals surface area contributed by atoms with Crippen molar-refractivity contribution in [3.8, 4) is 11.4 Å². The van der Waals surface area contributed by atoms with Crippen molar-refractivity contribution in [2.75, 3.05) is 13.2 Å². The molecular weight excluding hydrogens is 318 g/mol. The molecular formula is C16H18ClN3O3. The number of rotatable bonds is 6. The molecule has 7 heteroatoms. The number of aromatic nitrogens is 2. The second kappa shape index (κ2) is 7.57. The van der Waals surface area contributed by atoms with Crippen LogP contribution >= 0.6 is 11.6 Å². The van der Waals surface area contributed by atoms with Crippen LogP contribution in [-0.2, 0) is 16.0 Å². The average Bonchev–Trinajstić information content (AvgIpc) is 3.23. The van der Waals surface area contributed by atoms with E-state index in [1.165, 1.54) is 0 Å². The van der Waals surface area contributed by atoms with E-state index in [2.05, 4.69) is 15.5 Å². The molecule has 0 saturated carbocycles. The minimum Gasteiger partial charge on any atom is -0.376 e. The summed E-state index contributed by atoms with van der Waals surface area (Å²) in [7, 11) is 0. The summed E-state index contributed by atoms with van der Waals surface area (Å²) in [6.45, 7) is 1.35. The molecule has 0 radical (unpaired) electrons. The van der Waals surface area contributed by atoms with Crippen LogP contribution < -0.4 is 5.32 Å². The van der Waals surface area contributed by atoms with E-state index in [1.807, 2.05) is 18.2 Å². The maximum Gasteiger partial charge on any atom is 0.227 e. The minimum absolute atomic E-state index is 0.0435. The van der Waals surface area contributed by atoms with Crippen molar-refractivity contribution >= 4 is 17.5 Å². The first-order chi connectivity index (χ1) is 11.2. The van der Waals surface area contributed by atoms with Gasteiger partial charge in [-0.15, -0.1) is 0 Å². The van der Waals surface area contributed by atoms with Gasteiger partial charge in [-0.2, -0.15) is 4.98 Å². The molecule has 122 valence electrons. The first-order valence-corrected chi connectivity index (χ1v) is 8.06. The van der Waals surface area contributed by atoms with Crippen LogP contribution in [0.25, 0.3) is 11.4 Å². The topological polar surface area (TPSA) is 77.2 Å². The van der Waals surface area contributed by atoms with Crippen molar-refractivity contribution < 1.29 is 14.1 Å².